The third-order valence-electron chi connectivity index (χ3n) is 5.17. The number of benzene rings is 2. The maximum absolute atomic E-state index is 12.6. The largest absolute Gasteiger partial charge is 0.352 e. The fourth-order valence-electron chi connectivity index (χ4n) is 3.66. The van der Waals surface area contributed by atoms with Crippen LogP contribution in [-0.2, 0) is 9.84 Å². The monoisotopic (exact) mass is 421 g/mol. The second-order valence-corrected chi connectivity index (χ2v) is 9.55. The molecule has 2 aromatic carbocycles. The highest BCUT2D eigenvalue weighted by Crippen LogP contribution is 2.36. The summed E-state index contributed by atoms with van der Waals surface area (Å²) in [5.41, 5.74) is 4.56. The molecule has 0 fully saturated rings. The van der Waals surface area contributed by atoms with Crippen molar-refractivity contribution < 1.29 is 13.2 Å². The van der Waals surface area contributed by atoms with Crippen LogP contribution in [0.4, 0.5) is 0 Å². The van der Waals surface area contributed by atoms with Crippen molar-refractivity contribution >= 4 is 37.7 Å². The molecule has 0 spiro atoms. The first-order valence-corrected chi connectivity index (χ1v) is 11.5. The van der Waals surface area contributed by atoms with Crippen LogP contribution in [0.1, 0.15) is 29.8 Å². The molecule has 2 aromatic heterocycles. The molecule has 0 aliphatic carbocycles. The molecule has 0 aliphatic heterocycles. The second kappa shape index (κ2) is 7.57. The van der Waals surface area contributed by atoms with E-state index in [0.717, 1.165) is 38.6 Å². The number of amides is 1. The Morgan fingerprint density at radius 1 is 1.13 bits per heavy atom. The molecule has 154 valence electrons. The van der Waals surface area contributed by atoms with Gasteiger partial charge in [0.15, 0.2) is 9.84 Å². The van der Waals surface area contributed by atoms with E-state index in [0.29, 0.717) is 12.1 Å². The molecular formula is C23H23N3O3S. The van der Waals surface area contributed by atoms with E-state index >= 15 is 0 Å². The zero-order chi connectivity index (χ0) is 21.5. The van der Waals surface area contributed by atoms with Gasteiger partial charge < -0.3 is 10.3 Å². The van der Waals surface area contributed by atoms with Crippen LogP contribution in [0.2, 0.25) is 0 Å². The molecule has 6 nitrogen and oxygen atoms in total. The lowest BCUT2D eigenvalue weighted by Crippen LogP contribution is -2.22. The van der Waals surface area contributed by atoms with Gasteiger partial charge in [-0.1, -0.05) is 19.1 Å². The van der Waals surface area contributed by atoms with Crippen LogP contribution in [-0.4, -0.2) is 36.6 Å². The quantitative estimate of drug-likeness (QED) is 0.504. The summed E-state index contributed by atoms with van der Waals surface area (Å²) < 4.78 is 24.9. The molecule has 2 heterocycles. The average molecular weight is 422 g/mol. The van der Waals surface area contributed by atoms with Crippen LogP contribution >= 0.6 is 0 Å². The van der Waals surface area contributed by atoms with Crippen molar-refractivity contribution in [2.75, 3.05) is 12.3 Å². The van der Waals surface area contributed by atoms with Crippen molar-refractivity contribution in [3.8, 4) is 11.1 Å². The first-order chi connectivity index (χ1) is 14.3. The Kier molecular flexibility index (Phi) is 5.07. The van der Waals surface area contributed by atoms with E-state index in [1.165, 1.54) is 0 Å². The number of fused-ring (bicyclic) bond motifs is 3. The first kappa shape index (κ1) is 20.1. The summed E-state index contributed by atoms with van der Waals surface area (Å²) in [6, 6.07) is 12.6. The van der Waals surface area contributed by atoms with Crippen molar-refractivity contribution in [1.29, 1.82) is 0 Å². The van der Waals surface area contributed by atoms with Crippen molar-refractivity contribution in [2.45, 2.75) is 25.7 Å². The van der Waals surface area contributed by atoms with Gasteiger partial charge in [0.1, 0.15) is 5.65 Å². The predicted molar refractivity (Wildman–Crippen MR) is 120 cm³/mol. The smallest absolute Gasteiger partial charge is 0.251 e. The number of hydrogen-bond donors (Lipinski definition) is 2. The van der Waals surface area contributed by atoms with Gasteiger partial charge in [0.25, 0.3) is 5.91 Å². The van der Waals surface area contributed by atoms with Crippen LogP contribution in [0, 0.1) is 6.92 Å². The Bertz CT molecular complexity index is 1390. The molecule has 4 aromatic rings. The van der Waals surface area contributed by atoms with Crippen molar-refractivity contribution in [2.24, 2.45) is 0 Å². The summed E-state index contributed by atoms with van der Waals surface area (Å²) in [5, 5.41) is 4.68. The van der Waals surface area contributed by atoms with Crippen LogP contribution in [0.5, 0.6) is 0 Å². The van der Waals surface area contributed by atoms with E-state index < -0.39 is 9.84 Å². The molecule has 0 atom stereocenters. The Labute approximate surface area is 175 Å². The highest BCUT2D eigenvalue weighted by molar-refractivity contribution is 7.91. The summed E-state index contributed by atoms with van der Waals surface area (Å²) in [5.74, 6) is -0.151. The number of rotatable bonds is 5. The molecule has 2 N–H and O–H groups in total. The third kappa shape index (κ3) is 3.45. The lowest BCUT2D eigenvalue weighted by atomic mass is 9.97. The minimum atomic E-state index is -3.35. The molecule has 0 aliphatic rings. The summed E-state index contributed by atoms with van der Waals surface area (Å²) in [6.07, 6.45) is 1.79. The zero-order valence-electron chi connectivity index (χ0n) is 17.1. The number of aromatic amines is 1. The lowest BCUT2D eigenvalue weighted by Gasteiger charge is -2.10. The number of carbonyl (C=O) groups is 1. The van der Waals surface area contributed by atoms with Gasteiger partial charge in [0.2, 0.25) is 0 Å². The van der Waals surface area contributed by atoms with Gasteiger partial charge in [-0.25, -0.2) is 13.4 Å². The normalized spacial score (nSPS) is 11.8. The van der Waals surface area contributed by atoms with Crippen LogP contribution in [0.15, 0.2) is 53.6 Å². The van der Waals surface area contributed by atoms with E-state index in [1.54, 1.807) is 31.3 Å². The van der Waals surface area contributed by atoms with Gasteiger partial charge in [-0.2, -0.15) is 0 Å². The van der Waals surface area contributed by atoms with E-state index in [1.807, 2.05) is 38.1 Å². The molecule has 1 amide bonds. The zero-order valence-corrected chi connectivity index (χ0v) is 17.9. The highest BCUT2D eigenvalue weighted by Gasteiger charge is 2.18. The predicted octanol–water partition coefficient (Wildman–Crippen LogP) is 4.23. The number of hydrogen-bond acceptors (Lipinski definition) is 4. The summed E-state index contributed by atoms with van der Waals surface area (Å²) in [7, 11) is -3.35. The molecule has 0 radical (unpaired) electrons. The summed E-state index contributed by atoms with van der Waals surface area (Å²) in [6.45, 7) is 5.99. The number of aryl methyl sites for hydroxylation is 1. The number of aromatic nitrogens is 2. The van der Waals surface area contributed by atoms with Crippen LogP contribution in [0.25, 0.3) is 33.1 Å². The van der Waals surface area contributed by atoms with Gasteiger partial charge >= 0.3 is 0 Å². The maximum Gasteiger partial charge on any atom is 0.251 e. The van der Waals surface area contributed by atoms with Crippen molar-refractivity contribution in [3.05, 3.63) is 59.8 Å². The van der Waals surface area contributed by atoms with Crippen molar-refractivity contribution in [3.63, 3.8) is 0 Å². The van der Waals surface area contributed by atoms with E-state index in [9.17, 15) is 13.2 Å². The number of nitrogens with zero attached hydrogens (tertiary/aromatic N) is 1. The van der Waals surface area contributed by atoms with Gasteiger partial charge in [-0.3, -0.25) is 4.79 Å². The number of pyridine rings is 1. The Balaban J connectivity index is 2.06. The van der Waals surface area contributed by atoms with Gasteiger partial charge in [0.05, 0.1) is 10.6 Å². The topological polar surface area (TPSA) is 91.9 Å². The van der Waals surface area contributed by atoms with Gasteiger partial charge in [-0.05, 0) is 60.9 Å². The lowest BCUT2D eigenvalue weighted by molar-refractivity contribution is 0.0956. The van der Waals surface area contributed by atoms with E-state index in [4.69, 9.17) is 0 Å². The average Bonchev–Trinajstić information content (AvgIpc) is 3.11. The third-order valence-corrected chi connectivity index (χ3v) is 6.90. The Morgan fingerprint density at radius 2 is 1.93 bits per heavy atom. The summed E-state index contributed by atoms with van der Waals surface area (Å²) in [4.78, 5) is 20.6. The fourth-order valence-corrected chi connectivity index (χ4v) is 4.59. The highest BCUT2D eigenvalue weighted by atomic mass is 32.2. The minimum Gasteiger partial charge on any atom is -0.352 e. The van der Waals surface area contributed by atoms with E-state index in [-0.39, 0.29) is 16.6 Å². The molecule has 30 heavy (non-hydrogen) atoms. The number of carbonyl (C=O) groups excluding carboxylic acids is 1. The molecule has 4 rings (SSSR count). The molecule has 7 heteroatoms. The number of sulfone groups is 1. The van der Waals surface area contributed by atoms with Gasteiger partial charge in [-0.15, -0.1) is 0 Å². The summed E-state index contributed by atoms with van der Waals surface area (Å²) >= 11 is 0. The Hall–Kier alpha value is -3.19. The number of H-pyrrole nitrogens is 1. The van der Waals surface area contributed by atoms with Crippen molar-refractivity contribution in [1.82, 2.24) is 15.3 Å². The van der Waals surface area contributed by atoms with Gasteiger partial charge in [0, 0.05) is 34.6 Å². The fraction of sp³-hybridized carbons (Fsp3) is 0.217. The van der Waals surface area contributed by atoms with Crippen LogP contribution < -0.4 is 5.32 Å². The molecule has 0 saturated carbocycles. The first-order valence-electron chi connectivity index (χ1n) is 9.87. The number of nitrogens with one attached hydrogen (secondary N) is 2. The van der Waals surface area contributed by atoms with Crippen LogP contribution in [0.3, 0.4) is 0 Å². The standard InChI is InChI=1S/C23H23N3O3S/c1-4-24-23(27)16-11-18(15-7-6-8-17(10-15)30(28,29)5-2)21-19-9-14(3)13-25-22(19)26-20(21)12-16/h6-13H,4-5H2,1-3H3,(H,24,27)(H,25,26). The maximum atomic E-state index is 12.6. The molecule has 0 saturated heterocycles. The van der Waals surface area contributed by atoms with E-state index in [2.05, 4.69) is 15.3 Å². The Morgan fingerprint density at radius 3 is 2.67 bits per heavy atom. The molecule has 0 unspecified atom stereocenters. The second-order valence-electron chi connectivity index (χ2n) is 7.27. The molecular weight excluding hydrogens is 398 g/mol. The molecule has 0 bridgehead atoms. The SMILES string of the molecule is CCNC(=O)c1cc(-c2cccc(S(=O)(=O)CC)c2)c2c(c1)[nH]c1ncc(C)cc12. The minimum absolute atomic E-state index is 0.0288.